The van der Waals surface area contributed by atoms with Gasteiger partial charge in [-0.05, 0) is 38.0 Å². The lowest BCUT2D eigenvalue weighted by Gasteiger charge is -2.23. The van der Waals surface area contributed by atoms with Crippen molar-refractivity contribution in [2.75, 3.05) is 6.61 Å². The van der Waals surface area contributed by atoms with Crippen LogP contribution in [-0.2, 0) is 11.2 Å². The van der Waals surface area contributed by atoms with Crippen molar-refractivity contribution in [3.05, 3.63) is 34.6 Å². The van der Waals surface area contributed by atoms with Gasteiger partial charge in [0.1, 0.15) is 5.82 Å². The SMILES string of the molecule is CCOC(C)C(Cc1ccc(F)cc1Cl)NN. The van der Waals surface area contributed by atoms with Gasteiger partial charge in [0, 0.05) is 11.6 Å². The summed E-state index contributed by atoms with van der Waals surface area (Å²) in [4.78, 5) is 0. The molecular formula is C12H18ClFN2O. The summed E-state index contributed by atoms with van der Waals surface area (Å²) in [5, 5.41) is 0.411. The fourth-order valence-corrected chi connectivity index (χ4v) is 1.91. The second-order valence-corrected chi connectivity index (χ2v) is 4.28. The third kappa shape index (κ3) is 4.24. The molecule has 1 rings (SSSR count). The van der Waals surface area contributed by atoms with Crippen molar-refractivity contribution in [2.45, 2.75) is 32.4 Å². The number of hydrogen-bond acceptors (Lipinski definition) is 3. The van der Waals surface area contributed by atoms with Crippen molar-refractivity contribution >= 4 is 11.6 Å². The van der Waals surface area contributed by atoms with Crippen LogP contribution >= 0.6 is 11.6 Å². The van der Waals surface area contributed by atoms with Crippen LogP contribution < -0.4 is 11.3 Å². The van der Waals surface area contributed by atoms with Crippen molar-refractivity contribution in [3.63, 3.8) is 0 Å². The Bertz CT molecular complexity index is 362. The van der Waals surface area contributed by atoms with E-state index in [2.05, 4.69) is 5.43 Å². The van der Waals surface area contributed by atoms with Crippen molar-refractivity contribution in [1.29, 1.82) is 0 Å². The molecule has 0 aliphatic heterocycles. The van der Waals surface area contributed by atoms with E-state index in [-0.39, 0.29) is 18.0 Å². The van der Waals surface area contributed by atoms with Crippen LogP contribution in [0.2, 0.25) is 5.02 Å². The zero-order valence-electron chi connectivity index (χ0n) is 10.0. The van der Waals surface area contributed by atoms with Gasteiger partial charge in [-0.15, -0.1) is 0 Å². The number of hydrazine groups is 1. The Labute approximate surface area is 106 Å². The molecule has 0 heterocycles. The number of benzene rings is 1. The first-order valence-corrected chi connectivity index (χ1v) is 5.98. The zero-order valence-corrected chi connectivity index (χ0v) is 10.8. The minimum absolute atomic E-state index is 0.0360. The maximum atomic E-state index is 12.9. The molecule has 0 saturated carbocycles. The average Bonchev–Trinajstić information content (AvgIpc) is 2.28. The maximum absolute atomic E-state index is 12.9. The summed E-state index contributed by atoms with van der Waals surface area (Å²) in [6.45, 7) is 4.48. The molecule has 2 atom stereocenters. The molecule has 3 N–H and O–H groups in total. The second kappa shape index (κ2) is 6.91. The van der Waals surface area contributed by atoms with Crippen molar-refractivity contribution in [1.82, 2.24) is 5.43 Å². The predicted molar refractivity (Wildman–Crippen MR) is 67.3 cm³/mol. The van der Waals surface area contributed by atoms with E-state index in [0.717, 1.165) is 5.56 Å². The van der Waals surface area contributed by atoms with E-state index in [1.54, 1.807) is 6.07 Å². The van der Waals surface area contributed by atoms with Crippen LogP contribution in [0.5, 0.6) is 0 Å². The Kier molecular flexibility index (Phi) is 5.85. The van der Waals surface area contributed by atoms with Gasteiger partial charge < -0.3 is 4.74 Å². The molecule has 3 nitrogen and oxygen atoms in total. The number of ether oxygens (including phenoxy) is 1. The number of halogens is 2. The molecule has 1 aromatic carbocycles. The molecule has 5 heteroatoms. The third-order valence-corrected chi connectivity index (χ3v) is 3.02. The van der Waals surface area contributed by atoms with E-state index in [1.807, 2.05) is 13.8 Å². The van der Waals surface area contributed by atoms with Crippen LogP contribution in [0.3, 0.4) is 0 Å². The Balaban J connectivity index is 2.73. The molecule has 0 aliphatic carbocycles. The zero-order chi connectivity index (χ0) is 12.8. The fourth-order valence-electron chi connectivity index (χ4n) is 1.66. The second-order valence-electron chi connectivity index (χ2n) is 3.87. The van der Waals surface area contributed by atoms with Gasteiger partial charge in [-0.2, -0.15) is 0 Å². The molecule has 17 heavy (non-hydrogen) atoms. The average molecular weight is 261 g/mol. The lowest BCUT2D eigenvalue weighted by molar-refractivity contribution is 0.0476. The fraction of sp³-hybridized carbons (Fsp3) is 0.500. The van der Waals surface area contributed by atoms with Gasteiger partial charge in [0.2, 0.25) is 0 Å². The monoisotopic (exact) mass is 260 g/mol. The first-order valence-electron chi connectivity index (χ1n) is 5.60. The summed E-state index contributed by atoms with van der Waals surface area (Å²) in [6.07, 6.45) is 0.558. The molecule has 0 fully saturated rings. The summed E-state index contributed by atoms with van der Waals surface area (Å²) < 4.78 is 18.4. The minimum atomic E-state index is -0.339. The molecule has 0 spiro atoms. The molecule has 0 saturated heterocycles. The van der Waals surface area contributed by atoms with Gasteiger partial charge in [-0.1, -0.05) is 17.7 Å². The molecular weight excluding hydrogens is 243 g/mol. The summed E-state index contributed by atoms with van der Waals surface area (Å²) >= 11 is 5.96. The smallest absolute Gasteiger partial charge is 0.124 e. The van der Waals surface area contributed by atoms with Gasteiger partial charge in [-0.25, -0.2) is 4.39 Å². The standard InChI is InChI=1S/C12H18ClFN2O/c1-3-17-8(2)12(16-15)6-9-4-5-10(14)7-11(9)13/h4-5,7-8,12,16H,3,6,15H2,1-2H3. The lowest BCUT2D eigenvalue weighted by Crippen LogP contribution is -2.45. The number of nitrogens with two attached hydrogens (primary N) is 1. The Hall–Kier alpha value is -0.680. The van der Waals surface area contributed by atoms with Crippen LogP contribution in [0, 0.1) is 5.82 Å². The normalized spacial score (nSPS) is 14.6. The molecule has 0 amide bonds. The Morgan fingerprint density at radius 3 is 2.76 bits per heavy atom. The molecule has 1 aromatic rings. The quantitative estimate of drug-likeness (QED) is 0.609. The molecule has 0 aromatic heterocycles. The third-order valence-electron chi connectivity index (χ3n) is 2.67. The highest BCUT2D eigenvalue weighted by atomic mass is 35.5. The van der Waals surface area contributed by atoms with Crippen LogP contribution in [0.4, 0.5) is 4.39 Å². The van der Waals surface area contributed by atoms with Gasteiger partial charge in [-0.3, -0.25) is 11.3 Å². The summed E-state index contributed by atoms with van der Waals surface area (Å²) in [6, 6.07) is 4.30. The highest BCUT2D eigenvalue weighted by molar-refractivity contribution is 6.31. The highest BCUT2D eigenvalue weighted by Crippen LogP contribution is 2.19. The van der Waals surface area contributed by atoms with Crippen LogP contribution in [-0.4, -0.2) is 18.8 Å². The van der Waals surface area contributed by atoms with Gasteiger partial charge in [0.05, 0.1) is 12.1 Å². The predicted octanol–water partition coefficient (Wildman–Crippen LogP) is 2.28. The molecule has 96 valence electrons. The first-order chi connectivity index (χ1) is 8.08. The highest BCUT2D eigenvalue weighted by Gasteiger charge is 2.17. The maximum Gasteiger partial charge on any atom is 0.124 e. The minimum Gasteiger partial charge on any atom is -0.377 e. The van der Waals surface area contributed by atoms with E-state index in [0.29, 0.717) is 18.1 Å². The summed E-state index contributed by atoms with van der Waals surface area (Å²) in [5.41, 5.74) is 3.55. The van der Waals surface area contributed by atoms with Gasteiger partial charge in [0.15, 0.2) is 0 Å². The van der Waals surface area contributed by atoms with Crippen LogP contribution in [0.15, 0.2) is 18.2 Å². The van der Waals surface area contributed by atoms with Crippen molar-refractivity contribution < 1.29 is 9.13 Å². The van der Waals surface area contributed by atoms with Gasteiger partial charge >= 0.3 is 0 Å². The van der Waals surface area contributed by atoms with Gasteiger partial charge in [0.25, 0.3) is 0 Å². The molecule has 0 radical (unpaired) electrons. The topological polar surface area (TPSA) is 47.3 Å². The Morgan fingerprint density at radius 2 is 2.24 bits per heavy atom. The molecule has 0 bridgehead atoms. The van der Waals surface area contributed by atoms with E-state index < -0.39 is 0 Å². The molecule has 0 aliphatic rings. The van der Waals surface area contributed by atoms with E-state index in [1.165, 1.54) is 12.1 Å². The van der Waals surface area contributed by atoms with Crippen LogP contribution in [0.25, 0.3) is 0 Å². The van der Waals surface area contributed by atoms with E-state index in [9.17, 15) is 4.39 Å². The molecule has 2 unspecified atom stereocenters. The van der Waals surface area contributed by atoms with E-state index in [4.69, 9.17) is 22.2 Å². The number of nitrogens with one attached hydrogen (secondary N) is 1. The number of rotatable bonds is 6. The van der Waals surface area contributed by atoms with Crippen molar-refractivity contribution in [2.24, 2.45) is 5.84 Å². The lowest BCUT2D eigenvalue weighted by atomic mass is 10.0. The summed E-state index contributed by atoms with van der Waals surface area (Å²) in [5.74, 6) is 5.15. The van der Waals surface area contributed by atoms with Crippen molar-refractivity contribution in [3.8, 4) is 0 Å². The first kappa shape index (κ1) is 14.4. The Morgan fingerprint density at radius 1 is 1.53 bits per heavy atom. The largest absolute Gasteiger partial charge is 0.377 e. The van der Waals surface area contributed by atoms with Crippen LogP contribution in [0.1, 0.15) is 19.4 Å². The van der Waals surface area contributed by atoms with E-state index >= 15 is 0 Å². The summed E-state index contributed by atoms with van der Waals surface area (Å²) in [7, 11) is 0. The number of hydrogen-bond donors (Lipinski definition) is 2.